The molecule has 0 spiro atoms. The lowest BCUT2D eigenvalue weighted by molar-refractivity contribution is -0.149. The van der Waals surface area contributed by atoms with Gasteiger partial charge >= 0.3 is 5.97 Å². The maximum absolute atomic E-state index is 13.8. The molecule has 4 unspecified atom stereocenters. The molecule has 2 amide bonds. The van der Waals surface area contributed by atoms with Crippen LogP contribution in [0.2, 0.25) is 0 Å². The quantitative estimate of drug-likeness (QED) is 0.217. The molecule has 14 nitrogen and oxygen atoms in total. The van der Waals surface area contributed by atoms with Crippen LogP contribution in [-0.4, -0.2) is 115 Å². The molecule has 4 bridgehead atoms. The van der Waals surface area contributed by atoms with Gasteiger partial charge in [0.1, 0.15) is 12.1 Å². The largest absolute Gasteiger partial charge is 0.464 e. The topological polar surface area (TPSA) is 182 Å². The molecule has 0 radical (unpaired) electrons. The Morgan fingerprint density at radius 3 is 2.55 bits per heavy atom. The van der Waals surface area contributed by atoms with Crippen LogP contribution in [0.3, 0.4) is 0 Å². The summed E-state index contributed by atoms with van der Waals surface area (Å²) in [6.45, 7) is 14.7. The normalized spacial score (nSPS) is 29.3. The van der Waals surface area contributed by atoms with E-state index >= 15 is 0 Å². The average molecular weight is 848 g/mol. The summed E-state index contributed by atoms with van der Waals surface area (Å²) in [7, 11) is 1.78. The van der Waals surface area contributed by atoms with Crippen molar-refractivity contribution in [2.24, 2.45) is 34.6 Å². The number of piperazine rings is 1. The third kappa shape index (κ3) is 8.03. The van der Waals surface area contributed by atoms with Crippen molar-refractivity contribution in [2.75, 3.05) is 59.5 Å². The fraction of sp³-hybridized carbons (Fsp3) is 0.583. The molecule has 7 atom stereocenters. The number of carbonyl (C=O) groups excluding carboxylic acids is 3. The number of amides is 2. The van der Waals surface area contributed by atoms with Crippen molar-refractivity contribution in [3.8, 4) is 11.3 Å². The van der Waals surface area contributed by atoms with Crippen LogP contribution in [0.15, 0.2) is 53.9 Å². The molecule has 3 aliphatic heterocycles. The lowest BCUT2D eigenvalue weighted by atomic mass is 9.67. The average Bonchev–Trinajstić information content (AvgIpc) is 4.23. The number of aryl methyl sites for hydroxylation is 1. The standard InChI is InChI=1S/C48H65N9O5/c1-6-57-38-15-12-28-22-32(38)39-40(44(61-5)42-33(43(39)57)23-30(24-52-42)56-19-17-55(18-20-56)29-13-14-29)48(3,4)26-62-47(60)35(49)9-8-16-51-46(59)34(25-53-45(58)31-21-27(31)2)41(50)37-11-7-10-36(28)54-37/h7,10-12,15,22-23,27,29,31,34-35,40-41,44,52H,6,8-9,13-14,16-21,24-26,49-50H2,1-5H3,(H,51,59)(H,53,58)/t27?,31?,34?,35-,40?,41-,44-/m0/s1. The van der Waals surface area contributed by atoms with E-state index in [2.05, 4.69) is 75.4 Å². The number of rotatable bonds is 7. The Morgan fingerprint density at radius 2 is 1.84 bits per heavy atom. The number of nitrogens with two attached hydrogens (primary N) is 2. The van der Waals surface area contributed by atoms with E-state index in [9.17, 15) is 14.4 Å². The van der Waals surface area contributed by atoms with Gasteiger partial charge in [-0.05, 0) is 80.9 Å². The SMILES string of the molecule is CCn1c2c3c4cc(ccc41)-c1cccc(n1)[C@@H](N)C(CNC(=O)C1CC1C)C(=O)NCCC[C@H](N)C(=O)OCC(C)(C)C3[C@H](OC)C1=C2C=C(N2CCN(C3CC3)CC2)CN1. The Hall–Kier alpha value is -4.76. The van der Waals surface area contributed by atoms with E-state index in [4.69, 9.17) is 25.9 Å². The predicted molar refractivity (Wildman–Crippen MR) is 239 cm³/mol. The predicted octanol–water partition coefficient (Wildman–Crippen LogP) is 4.01. The molecule has 5 heterocycles. The Balaban J connectivity index is 1.15. The monoisotopic (exact) mass is 848 g/mol. The summed E-state index contributed by atoms with van der Waals surface area (Å²) < 4.78 is 15.1. The Labute approximate surface area is 365 Å². The molecule has 6 aliphatic rings. The maximum Gasteiger partial charge on any atom is 0.322 e. The van der Waals surface area contributed by atoms with Crippen molar-refractivity contribution in [1.29, 1.82) is 0 Å². The highest BCUT2D eigenvalue weighted by molar-refractivity contribution is 5.97. The number of ether oxygens (including phenoxy) is 2. The second kappa shape index (κ2) is 17.1. The van der Waals surface area contributed by atoms with Crippen molar-refractivity contribution in [2.45, 2.75) is 96.5 Å². The number of fused-ring (bicyclic) bond motifs is 5. The smallest absolute Gasteiger partial charge is 0.322 e. The van der Waals surface area contributed by atoms with Crippen LogP contribution in [0.1, 0.15) is 88.7 Å². The Kier molecular flexibility index (Phi) is 11.7. The fourth-order valence-corrected chi connectivity index (χ4v) is 10.5. The van der Waals surface area contributed by atoms with E-state index in [1.165, 1.54) is 18.5 Å². The van der Waals surface area contributed by atoms with Gasteiger partial charge in [-0.15, -0.1) is 0 Å². The summed E-state index contributed by atoms with van der Waals surface area (Å²) in [5.74, 6) is -1.55. The fourth-order valence-electron chi connectivity index (χ4n) is 10.5. The lowest BCUT2D eigenvalue weighted by Crippen LogP contribution is -2.50. The minimum atomic E-state index is -0.869. The van der Waals surface area contributed by atoms with E-state index in [1.54, 1.807) is 7.11 Å². The van der Waals surface area contributed by atoms with Crippen LogP contribution in [0, 0.1) is 23.2 Å². The third-order valence-electron chi connectivity index (χ3n) is 14.5. The molecule has 7 N–H and O–H groups in total. The minimum Gasteiger partial charge on any atom is -0.464 e. The van der Waals surface area contributed by atoms with Gasteiger partial charge in [0.05, 0.1) is 47.9 Å². The van der Waals surface area contributed by atoms with Gasteiger partial charge in [-0.3, -0.25) is 24.3 Å². The number of dihydropyridines is 1. The van der Waals surface area contributed by atoms with Gasteiger partial charge in [-0.25, -0.2) is 0 Å². The lowest BCUT2D eigenvalue weighted by Gasteiger charge is -2.45. The molecular formula is C48H65N9O5. The second-order valence-electron chi connectivity index (χ2n) is 19.2. The zero-order chi connectivity index (χ0) is 43.4. The number of cyclic esters (lactones) is 1. The van der Waals surface area contributed by atoms with Crippen LogP contribution < -0.4 is 27.4 Å². The number of aromatic nitrogens is 2. The van der Waals surface area contributed by atoms with Gasteiger partial charge in [-0.1, -0.05) is 32.9 Å². The number of nitrogens with one attached hydrogen (secondary N) is 3. The first-order valence-electron chi connectivity index (χ1n) is 23.0. The summed E-state index contributed by atoms with van der Waals surface area (Å²) in [5, 5.41) is 10.9. The van der Waals surface area contributed by atoms with Crippen molar-refractivity contribution in [1.82, 2.24) is 35.3 Å². The number of carbonyl (C=O) groups is 3. The van der Waals surface area contributed by atoms with Crippen LogP contribution in [0.4, 0.5) is 0 Å². The van der Waals surface area contributed by atoms with Crippen molar-refractivity contribution in [3.63, 3.8) is 0 Å². The van der Waals surface area contributed by atoms with E-state index in [0.29, 0.717) is 31.0 Å². The number of hydrogen-bond donors (Lipinski definition) is 5. The number of allylic oxidation sites excluding steroid dienone is 2. The zero-order valence-electron chi connectivity index (χ0n) is 37.0. The number of pyridine rings is 1. The molecule has 1 saturated heterocycles. The first kappa shape index (κ1) is 42.5. The summed E-state index contributed by atoms with van der Waals surface area (Å²) >= 11 is 0. The van der Waals surface area contributed by atoms with Crippen molar-refractivity contribution < 1.29 is 23.9 Å². The molecule has 2 aromatic heterocycles. The summed E-state index contributed by atoms with van der Waals surface area (Å²) in [6, 6.07) is 11.4. The van der Waals surface area contributed by atoms with Gasteiger partial charge in [0, 0.05) is 104 Å². The molecule has 62 heavy (non-hydrogen) atoms. The third-order valence-corrected chi connectivity index (χ3v) is 14.5. The van der Waals surface area contributed by atoms with Gasteiger partial charge < -0.3 is 46.4 Å². The van der Waals surface area contributed by atoms with Gasteiger partial charge in [0.2, 0.25) is 11.8 Å². The molecular weight excluding hydrogens is 783 g/mol. The minimum absolute atomic E-state index is 0.0415. The molecule has 9 rings (SSSR count). The van der Waals surface area contributed by atoms with Crippen LogP contribution >= 0.6 is 0 Å². The first-order valence-corrected chi connectivity index (χ1v) is 23.0. The van der Waals surface area contributed by atoms with Crippen LogP contribution in [-0.2, 0) is 30.4 Å². The Morgan fingerprint density at radius 1 is 1.06 bits per heavy atom. The molecule has 3 aliphatic carbocycles. The molecule has 332 valence electrons. The number of methoxy groups -OCH3 is 1. The number of esters is 1. The van der Waals surface area contributed by atoms with E-state index in [1.807, 2.05) is 25.1 Å². The molecule has 14 heteroatoms. The van der Waals surface area contributed by atoms with Crippen LogP contribution in [0.5, 0.6) is 0 Å². The van der Waals surface area contributed by atoms with Crippen molar-refractivity contribution >= 4 is 34.3 Å². The zero-order valence-corrected chi connectivity index (χ0v) is 37.0. The highest BCUT2D eigenvalue weighted by Gasteiger charge is 2.48. The van der Waals surface area contributed by atoms with E-state index < -0.39 is 29.4 Å². The molecule has 1 aromatic carbocycles. The first-order chi connectivity index (χ1) is 29.9. The Bertz CT molecular complexity index is 2290. The van der Waals surface area contributed by atoms with E-state index in [-0.39, 0.29) is 49.5 Å². The summed E-state index contributed by atoms with van der Waals surface area (Å²) in [4.78, 5) is 50.6. The maximum atomic E-state index is 13.8. The van der Waals surface area contributed by atoms with Crippen molar-refractivity contribution in [3.05, 3.63) is 70.8 Å². The number of hydrogen-bond acceptors (Lipinski definition) is 11. The van der Waals surface area contributed by atoms with E-state index in [0.717, 1.165) is 89.9 Å². The summed E-state index contributed by atoms with van der Waals surface area (Å²) in [5.41, 5.74) is 21.9. The molecule has 2 saturated carbocycles. The molecule has 3 aromatic rings. The van der Waals surface area contributed by atoms with Crippen LogP contribution in [0.25, 0.3) is 27.7 Å². The molecule has 3 fully saturated rings. The van der Waals surface area contributed by atoms with Gasteiger partial charge in [-0.2, -0.15) is 0 Å². The van der Waals surface area contributed by atoms with Gasteiger partial charge in [0.25, 0.3) is 0 Å². The highest BCUT2D eigenvalue weighted by Crippen LogP contribution is 2.53. The summed E-state index contributed by atoms with van der Waals surface area (Å²) in [6.07, 6.45) is 6.30. The number of nitrogens with zero attached hydrogens (tertiary/aromatic N) is 4. The highest BCUT2D eigenvalue weighted by atomic mass is 16.5. The number of benzene rings is 1. The van der Waals surface area contributed by atoms with Gasteiger partial charge in [0.15, 0.2) is 0 Å². The second-order valence-corrected chi connectivity index (χ2v) is 19.2.